The zero-order valence-electron chi connectivity index (χ0n) is 11.6. The van der Waals surface area contributed by atoms with E-state index >= 15 is 0 Å². The molecule has 0 atom stereocenters. The standard InChI is InChI=1S/C16H19NO2S/c1-18-13-4-6-14(7-5-13)19-11-16-9-8-15(20-16)10-17-12-2-3-12/h4-9,12,17H,2-3,10-11H2,1H3. The number of ether oxygens (including phenoxy) is 2. The third kappa shape index (κ3) is 3.74. The molecule has 0 amide bonds. The van der Waals surface area contributed by atoms with Crippen molar-refractivity contribution in [3.63, 3.8) is 0 Å². The summed E-state index contributed by atoms with van der Waals surface area (Å²) in [4.78, 5) is 2.64. The first-order valence-electron chi connectivity index (χ1n) is 6.91. The van der Waals surface area contributed by atoms with Crippen LogP contribution < -0.4 is 14.8 Å². The van der Waals surface area contributed by atoms with Crippen LogP contribution in [0.15, 0.2) is 36.4 Å². The number of hydrogen-bond acceptors (Lipinski definition) is 4. The Labute approximate surface area is 123 Å². The van der Waals surface area contributed by atoms with Gasteiger partial charge in [0.15, 0.2) is 0 Å². The summed E-state index contributed by atoms with van der Waals surface area (Å²) >= 11 is 1.82. The van der Waals surface area contributed by atoms with Crippen LogP contribution in [0, 0.1) is 0 Å². The maximum atomic E-state index is 5.78. The Morgan fingerprint density at radius 3 is 2.45 bits per heavy atom. The fourth-order valence-corrected chi connectivity index (χ4v) is 2.84. The van der Waals surface area contributed by atoms with Crippen molar-refractivity contribution in [3.05, 3.63) is 46.2 Å². The van der Waals surface area contributed by atoms with Crippen molar-refractivity contribution in [2.24, 2.45) is 0 Å². The summed E-state index contributed by atoms with van der Waals surface area (Å²) < 4.78 is 10.9. The quantitative estimate of drug-likeness (QED) is 0.845. The molecule has 1 aliphatic carbocycles. The van der Waals surface area contributed by atoms with Crippen LogP contribution in [0.1, 0.15) is 22.6 Å². The lowest BCUT2D eigenvalue weighted by molar-refractivity contribution is 0.309. The second kappa shape index (κ2) is 6.29. The van der Waals surface area contributed by atoms with Crippen LogP contribution in [0.4, 0.5) is 0 Å². The van der Waals surface area contributed by atoms with E-state index in [-0.39, 0.29) is 0 Å². The average Bonchev–Trinajstić information content (AvgIpc) is 3.22. The molecule has 0 aliphatic heterocycles. The van der Waals surface area contributed by atoms with Crippen LogP contribution in [0.2, 0.25) is 0 Å². The van der Waals surface area contributed by atoms with E-state index in [9.17, 15) is 0 Å². The van der Waals surface area contributed by atoms with Gasteiger partial charge < -0.3 is 14.8 Å². The van der Waals surface area contributed by atoms with E-state index in [1.807, 2.05) is 35.6 Å². The van der Waals surface area contributed by atoms with E-state index in [1.54, 1.807) is 7.11 Å². The molecule has 3 rings (SSSR count). The number of benzene rings is 1. The van der Waals surface area contributed by atoms with Gasteiger partial charge in [-0.05, 0) is 49.2 Å². The molecule has 1 saturated carbocycles. The summed E-state index contributed by atoms with van der Waals surface area (Å²) in [6, 6.07) is 12.8. The molecule has 0 unspecified atom stereocenters. The molecule has 0 spiro atoms. The third-order valence-corrected chi connectivity index (χ3v) is 4.36. The Morgan fingerprint density at radius 1 is 1.05 bits per heavy atom. The first-order chi connectivity index (χ1) is 9.83. The van der Waals surface area contributed by atoms with Gasteiger partial charge in [0, 0.05) is 22.3 Å². The molecule has 0 radical (unpaired) electrons. The van der Waals surface area contributed by atoms with E-state index in [2.05, 4.69) is 17.4 Å². The molecule has 1 fully saturated rings. The molecule has 2 aromatic rings. The molecule has 3 nitrogen and oxygen atoms in total. The number of methoxy groups -OCH3 is 1. The van der Waals surface area contributed by atoms with Crippen molar-refractivity contribution in [3.8, 4) is 11.5 Å². The molecule has 106 valence electrons. The van der Waals surface area contributed by atoms with Gasteiger partial charge in [0.1, 0.15) is 18.1 Å². The number of hydrogen-bond donors (Lipinski definition) is 1. The van der Waals surface area contributed by atoms with Crippen LogP contribution in [0.3, 0.4) is 0 Å². The monoisotopic (exact) mass is 289 g/mol. The van der Waals surface area contributed by atoms with Crippen molar-refractivity contribution in [1.82, 2.24) is 5.32 Å². The average molecular weight is 289 g/mol. The Bertz CT molecular complexity index is 546. The molecule has 1 aliphatic rings. The summed E-state index contributed by atoms with van der Waals surface area (Å²) in [6.07, 6.45) is 2.66. The van der Waals surface area contributed by atoms with Gasteiger partial charge in [-0.25, -0.2) is 0 Å². The molecule has 0 saturated heterocycles. The van der Waals surface area contributed by atoms with Gasteiger partial charge in [0.05, 0.1) is 7.11 Å². The lowest BCUT2D eigenvalue weighted by atomic mass is 10.3. The van der Waals surface area contributed by atoms with E-state index in [4.69, 9.17) is 9.47 Å². The first-order valence-corrected chi connectivity index (χ1v) is 7.73. The van der Waals surface area contributed by atoms with E-state index < -0.39 is 0 Å². The molecule has 4 heteroatoms. The zero-order chi connectivity index (χ0) is 13.8. The van der Waals surface area contributed by atoms with Gasteiger partial charge in [-0.3, -0.25) is 0 Å². The van der Waals surface area contributed by atoms with Gasteiger partial charge in [-0.1, -0.05) is 0 Å². The van der Waals surface area contributed by atoms with Gasteiger partial charge in [-0.2, -0.15) is 0 Å². The Morgan fingerprint density at radius 2 is 1.75 bits per heavy atom. The Kier molecular flexibility index (Phi) is 4.23. The van der Waals surface area contributed by atoms with Crippen LogP contribution >= 0.6 is 11.3 Å². The highest BCUT2D eigenvalue weighted by Gasteiger charge is 2.20. The molecule has 20 heavy (non-hydrogen) atoms. The summed E-state index contributed by atoms with van der Waals surface area (Å²) in [6.45, 7) is 1.61. The Hall–Kier alpha value is -1.52. The fourth-order valence-electron chi connectivity index (χ4n) is 1.95. The van der Waals surface area contributed by atoms with Crippen LogP contribution in [0.25, 0.3) is 0 Å². The zero-order valence-corrected chi connectivity index (χ0v) is 12.4. The number of thiophene rings is 1. The number of rotatable bonds is 7. The van der Waals surface area contributed by atoms with Crippen LogP contribution in [-0.4, -0.2) is 13.2 Å². The highest BCUT2D eigenvalue weighted by atomic mass is 32.1. The minimum absolute atomic E-state index is 0.625. The second-order valence-electron chi connectivity index (χ2n) is 4.99. The Balaban J connectivity index is 1.49. The summed E-state index contributed by atoms with van der Waals surface area (Å²) in [5.41, 5.74) is 0. The highest BCUT2D eigenvalue weighted by molar-refractivity contribution is 7.11. The largest absolute Gasteiger partial charge is 0.497 e. The van der Waals surface area contributed by atoms with Crippen molar-refractivity contribution < 1.29 is 9.47 Å². The highest BCUT2D eigenvalue weighted by Crippen LogP contribution is 2.23. The molecular weight excluding hydrogens is 270 g/mol. The molecular formula is C16H19NO2S. The van der Waals surface area contributed by atoms with E-state index in [0.29, 0.717) is 6.61 Å². The van der Waals surface area contributed by atoms with Gasteiger partial charge in [0.25, 0.3) is 0 Å². The lowest BCUT2D eigenvalue weighted by Gasteiger charge is -2.05. The first kappa shape index (κ1) is 13.5. The maximum Gasteiger partial charge on any atom is 0.122 e. The minimum Gasteiger partial charge on any atom is -0.497 e. The van der Waals surface area contributed by atoms with E-state index in [1.165, 1.54) is 22.6 Å². The van der Waals surface area contributed by atoms with Gasteiger partial charge in [-0.15, -0.1) is 11.3 Å². The van der Waals surface area contributed by atoms with Gasteiger partial charge in [0.2, 0.25) is 0 Å². The topological polar surface area (TPSA) is 30.5 Å². The second-order valence-corrected chi connectivity index (χ2v) is 6.24. The third-order valence-electron chi connectivity index (χ3n) is 3.30. The molecule has 1 aromatic carbocycles. The summed E-state index contributed by atoms with van der Waals surface area (Å²) in [5, 5.41) is 3.53. The fraction of sp³-hybridized carbons (Fsp3) is 0.375. The SMILES string of the molecule is COc1ccc(OCc2ccc(CNC3CC3)s2)cc1. The van der Waals surface area contributed by atoms with Crippen LogP contribution in [0.5, 0.6) is 11.5 Å². The maximum absolute atomic E-state index is 5.78. The summed E-state index contributed by atoms with van der Waals surface area (Å²) in [7, 11) is 1.67. The van der Waals surface area contributed by atoms with Crippen molar-refractivity contribution in [2.75, 3.05) is 7.11 Å². The summed E-state index contributed by atoms with van der Waals surface area (Å²) in [5.74, 6) is 1.72. The van der Waals surface area contributed by atoms with Crippen molar-refractivity contribution in [1.29, 1.82) is 0 Å². The smallest absolute Gasteiger partial charge is 0.122 e. The predicted molar refractivity (Wildman–Crippen MR) is 81.5 cm³/mol. The normalized spacial score (nSPS) is 14.2. The van der Waals surface area contributed by atoms with Crippen LogP contribution in [-0.2, 0) is 13.2 Å². The van der Waals surface area contributed by atoms with E-state index in [0.717, 1.165) is 24.1 Å². The minimum atomic E-state index is 0.625. The predicted octanol–water partition coefficient (Wildman–Crippen LogP) is 3.59. The van der Waals surface area contributed by atoms with Gasteiger partial charge >= 0.3 is 0 Å². The van der Waals surface area contributed by atoms with Crippen molar-refractivity contribution >= 4 is 11.3 Å². The molecule has 1 heterocycles. The molecule has 1 N–H and O–H groups in total. The van der Waals surface area contributed by atoms with Crippen molar-refractivity contribution in [2.45, 2.75) is 32.0 Å². The number of nitrogens with one attached hydrogen (secondary N) is 1. The molecule has 0 bridgehead atoms. The molecule has 1 aromatic heterocycles. The lowest BCUT2D eigenvalue weighted by Crippen LogP contribution is -2.14.